The molecule has 0 aromatic carbocycles. The molecule has 0 bridgehead atoms. The van der Waals surface area contributed by atoms with E-state index in [1.54, 1.807) is 6.20 Å². The first-order valence-corrected chi connectivity index (χ1v) is 8.57. The minimum atomic E-state index is -0.251. The van der Waals surface area contributed by atoms with Crippen molar-refractivity contribution in [3.05, 3.63) is 33.9 Å². The zero-order valence-corrected chi connectivity index (χ0v) is 15.3. The van der Waals surface area contributed by atoms with Crippen molar-refractivity contribution in [2.45, 2.75) is 53.7 Å². The zero-order valence-electron chi connectivity index (χ0n) is 15.3. The molecule has 0 aliphatic carbocycles. The number of ether oxygens (including phenoxy) is 1. The van der Waals surface area contributed by atoms with Crippen molar-refractivity contribution in [2.24, 2.45) is 0 Å². The fourth-order valence-electron chi connectivity index (χ4n) is 2.85. The van der Waals surface area contributed by atoms with Crippen LogP contribution in [0.5, 0.6) is 5.88 Å². The first-order chi connectivity index (χ1) is 11.9. The van der Waals surface area contributed by atoms with Gasteiger partial charge in [-0.15, -0.1) is 0 Å². The number of hydrogen-bond donors (Lipinski definition) is 1. The molecule has 3 rings (SSSR count). The average molecular weight is 341 g/mol. The highest BCUT2D eigenvalue weighted by Gasteiger charge is 2.18. The predicted octanol–water partition coefficient (Wildman–Crippen LogP) is 2.86. The molecule has 0 saturated heterocycles. The fourth-order valence-corrected chi connectivity index (χ4v) is 2.85. The van der Waals surface area contributed by atoms with Crippen LogP contribution >= 0.6 is 0 Å². The van der Waals surface area contributed by atoms with Crippen LogP contribution in [0.25, 0.3) is 22.4 Å². The molecule has 0 aliphatic heterocycles. The molecule has 0 aliphatic rings. The highest BCUT2D eigenvalue weighted by Crippen LogP contribution is 2.28. The third-order valence-electron chi connectivity index (χ3n) is 3.93. The minimum absolute atomic E-state index is 0.0292. The molecule has 0 fully saturated rings. The van der Waals surface area contributed by atoms with Gasteiger partial charge in [0.2, 0.25) is 5.88 Å². The monoisotopic (exact) mass is 341 g/mol. The van der Waals surface area contributed by atoms with Gasteiger partial charge < -0.3 is 9.72 Å². The van der Waals surface area contributed by atoms with Crippen molar-refractivity contribution in [3.63, 3.8) is 0 Å². The van der Waals surface area contributed by atoms with Crippen LogP contribution in [-0.4, -0.2) is 30.8 Å². The van der Waals surface area contributed by atoms with Crippen LogP contribution in [0, 0.1) is 6.92 Å². The third kappa shape index (κ3) is 3.14. The molecule has 0 spiro atoms. The SMILES string of the molecule is CCc1c2nc(-c3cc(C)cnc3OC(C)C)[nH]c(=O)c2nn1CC. The smallest absolute Gasteiger partial charge is 0.279 e. The molecule has 3 heterocycles. The largest absolute Gasteiger partial charge is 0.474 e. The summed E-state index contributed by atoms with van der Waals surface area (Å²) in [6.45, 7) is 10.5. The number of nitrogens with one attached hydrogen (secondary N) is 1. The Morgan fingerprint density at radius 2 is 2.04 bits per heavy atom. The third-order valence-corrected chi connectivity index (χ3v) is 3.93. The Morgan fingerprint density at radius 1 is 1.28 bits per heavy atom. The minimum Gasteiger partial charge on any atom is -0.474 e. The van der Waals surface area contributed by atoms with E-state index >= 15 is 0 Å². The van der Waals surface area contributed by atoms with E-state index < -0.39 is 0 Å². The first-order valence-electron chi connectivity index (χ1n) is 8.57. The summed E-state index contributed by atoms with van der Waals surface area (Å²) in [5.41, 5.74) is 3.36. The average Bonchev–Trinajstić information content (AvgIpc) is 2.94. The van der Waals surface area contributed by atoms with Crippen LogP contribution in [0.2, 0.25) is 0 Å². The van der Waals surface area contributed by atoms with Gasteiger partial charge in [-0.05, 0) is 45.7 Å². The molecule has 3 aromatic heterocycles. The molecule has 7 nitrogen and oxygen atoms in total. The molecule has 0 amide bonds. The van der Waals surface area contributed by atoms with Crippen LogP contribution < -0.4 is 10.3 Å². The fraction of sp³-hybridized carbons (Fsp3) is 0.444. The van der Waals surface area contributed by atoms with Crippen molar-refractivity contribution in [3.8, 4) is 17.3 Å². The maximum absolute atomic E-state index is 12.6. The lowest BCUT2D eigenvalue weighted by Crippen LogP contribution is -2.12. The molecular formula is C18H23N5O2. The number of nitrogens with zero attached hydrogens (tertiary/aromatic N) is 4. The second-order valence-electron chi connectivity index (χ2n) is 6.26. The van der Waals surface area contributed by atoms with Gasteiger partial charge in [-0.1, -0.05) is 6.92 Å². The highest BCUT2D eigenvalue weighted by atomic mass is 16.5. The molecule has 1 N–H and O–H groups in total. The molecular weight excluding hydrogens is 318 g/mol. The molecule has 0 radical (unpaired) electrons. The molecule has 132 valence electrons. The van der Waals surface area contributed by atoms with Crippen molar-refractivity contribution in [1.29, 1.82) is 0 Å². The van der Waals surface area contributed by atoms with E-state index in [1.807, 2.05) is 45.4 Å². The first kappa shape index (κ1) is 17.1. The zero-order chi connectivity index (χ0) is 18.1. The van der Waals surface area contributed by atoms with Crippen LogP contribution in [0.15, 0.2) is 17.1 Å². The van der Waals surface area contributed by atoms with Crippen LogP contribution in [0.1, 0.15) is 39.0 Å². The van der Waals surface area contributed by atoms with E-state index in [0.29, 0.717) is 34.8 Å². The summed E-state index contributed by atoms with van der Waals surface area (Å²) < 4.78 is 7.63. The van der Waals surface area contributed by atoms with Crippen molar-refractivity contribution in [1.82, 2.24) is 24.7 Å². The Kier molecular flexibility index (Phi) is 4.57. The Hall–Kier alpha value is -2.70. The van der Waals surface area contributed by atoms with Gasteiger partial charge in [0.15, 0.2) is 5.52 Å². The Morgan fingerprint density at radius 3 is 2.68 bits per heavy atom. The number of H-pyrrole nitrogens is 1. The van der Waals surface area contributed by atoms with Crippen LogP contribution in [0.3, 0.4) is 0 Å². The number of aromatic amines is 1. The van der Waals surface area contributed by atoms with Gasteiger partial charge in [-0.3, -0.25) is 9.48 Å². The van der Waals surface area contributed by atoms with Gasteiger partial charge in [0.05, 0.1) is 17.4 Å². The molecule has 0 saturated carbocycles. The van der Waals surface area contributed by atoms with Gasteiger partial charge in [0.1, 0.15) is 11.3 Å². The predicted molar refractivity (Wildman–Crippen MR) is 96.9 cm³/mol. The summed E-state index contributed by atoms with van der Waals surface area (Å²) in [6, 6.07) is 1.92. The summed E-state index contributed by atoms with van der Waals surface area (Å²) in [5.74, 6) is 0.915. The Bertz CT molecular complexity index is 971. The van der Waals surface area contributed by atoms with Gasteiger partial charge in [-0.2, -0.15) is 5.10 Å². The van der Waals surface area contributed by atoms with Gasteiger partial charge in [0.25, 0.3) is 5.56 Å². The summed E-state index contributed by atoms with van der Waals surface area (Å²) in [6.07, 6.45) is 2.46. The van der Waals surface area contributed by atoms with E-state index in [-0.39, 0.29) is 11.7 Å². The van der Waals surface area contributed by atoms with E-state index in [1.165, 1.54) is 0 Å². The molecule has 0 unspecified atom stereocenters. The van der Waals surface area contributed by atoms with Crippen molar-refractivity contribution >= 4 is 11.0 Å². The lowest BCUT2D eigenvalue weighted by molar-refractivity contribution is 0.233. The maximum atomic E-state index is 12.6. The number of pyridine rings is 1. The number of rotatable bonds is 5. The number of fused-ring (bicyclic) bond motifs is 1. The molecule has 7 heteroatoms. The van der Waals surface area contributed by atoms with Gasteiger partial charge >= 0.3 is 0 Å². The van der Waals surface area contributed by atoms with Crippen molar-refractivity contribution < 1.29 is 4.74 Å². The normalized spacial score (nSPS) is 11.4. The van der Waals surface area contributed by atoms with Gasteiger partial charge in [0, 0.05) is 12.7 Å². The summed E-state index contributed by atoms with van der Waals surface area (Å²) >= 11 is 0. The maximum Gasteiger partial charge on any atom is 0.279 e. The number of aromatic nitrogens is 5. The summed E-state index contributed by atoms with van der Waals surface area (Å²) in [4.78, 5) is 24.4. The summed E-state index contributed by atoms with van der Waals surface area (Å²) in [7, 11) is 0. The van der Waals surface area contributed by atoms with E-state index in [0.717, 1.165) is 17.7 Å². The van der Waals surface area contributed by atoms with E-state index in [2.05, 4.69) is 15.1 Å². The second kappa shape index (κ2) is 6.66. The lowest BCUT2D eigenvalue weighted by Gasteiger charge is -2.13. The topological polar surface area (TPSA) is 85.7 Å². The van der Waals surface area contributed by atoms with Gasteiger partial charge in [-0.25, -0.2) is 9.97 Å². The second-order valence-corrected chi connectivity index (χ2v) is 6.26. The quantitative estimate of drug-likeness (QED) is 0.771. The highest BCUT2D eigenvalue weighted by molar-refractivity contribution is 5.79. The van der Waals surface area contributed by atoms with E-state index in [9.17, 15) is 4.79 Å². The molecule has 0 atom stereocenters. The summed E-state index contributed by atoms with van der Waals surface area (Å²) in [5, 5.41) is 4.39. The Labute approximate surface area is 146 Å². The molecule has 3 aromatic rings. The van der Waals surface area contributed by atoms with Crippen LogP contribution in [-0.2, 0) is 13.0 Å². The van der Waals surface area contributed by atoms with E-state index in [4.69, 9.17) is 9.72 Å². The number of aryl methyl sites for hydroxylation is 3. The van der Waals surface area contributed by atoms with Crippen LogP contribution in [0.4, 0.5) is 0 Å². The lowest BCUT2D eigenvalue weighted by atomic mass is 10.2. The number of hydrogen-bond acceptors (Lipinski definition) is 5. The standard InChI is InChI=1S/C18H23N5O2/c1-6-13-14-15(22-23(13)7-2)17(24)21-16(20-14)12-8-11(5)9-19-18(12)25-10(3)4/h8-10H,6-7H2,1-5H3,(H,20,21,24). The Balaban J connectivity index is 2.26. The molecule has 25 heavy (non-hydrogen) atoms. The van der Waals surface area contributed by atoms with Crippen molar-refractivity contribution in [2.75, 3.05) is 0 Å².